The molecule has 0 saturated carbocycles. The quantitative estimate of drug-likeness (QED) is 0.195. The van der Waals surface area contributed by atoms with Gasteiger partial charge in [-0.05, 0) is 0 Å². The summed E-state index contributed by atoms with van der Waals surface area (Å²) in [5.74, 6) is -4.01. The van der Waals surface area contributed by atoms with E-state index in [0.29, 0.717) is 0 Å². The van der Waals surface area contributed by atoms with E-state index in [0.717, 1.165) is 0 Å². The van der Waals surface area contributed by atoms with Gasteiger partial charge in [0.2, 0.25) is 0 Å². The molecule has 0 bridgehead atoms. The summed E-state index contributed by atoms with van der Waals surface area (Å²) >= 11 is 0. The first kappa shape index (κ1) is 27.3. The number of carbonyl (C=O) groups excluding carboxylic acids is 2. The monoisotopic (exact) mass is 428 g/mol. The number of ketones is 2. The highest BCUT2D eigenvalue weighted by Crippen LogP contribution is 2.22. The van der Waals surface area contributed by atoms with E-state index in [4.69, 9.17) is 0 Å². The molecule has 0 unspecified atom stereocenters. The molecule has 0 aliphatic carbocycles. The molecule has 30 heavy (non-hydrogen) atoms. The summed E-state index contributed by atoms with van der Waals surface area (Å²) in [6, 6.07) is 0. The third-order valence-electron chi connectivity index (χ3n) is 3.99. The van der Waals surface area contributed by atoms with Crippen LogP contribution in [0.25, 0.3) is 0 Å². The summed E-state index contributed by atoms with van der Waals surface area (Å²) in [6.45, 7) is 7.65. The zero-order valence-corrected chi connectivity index (χ0v) is 18.3. The number of rotatable bonds is 11. The Morgan fingerprint density at radius 3 is 1.07 bits per heavy atom. The fourth-order valence-electron chi connectivity index (χ4n) is 2.43. The molecule has 0 aliphatic heterocycles. The number of aliphatic hydroxyl groups is 2. The summed E-state index contributed by atoms with van der Waals surface area (Å²) in [6.07, 6.45) is 0. The summed E-state index contributed by atoms with van der Waals surface area (Å²) in [4.78, 5) is 47.8. The Kier molecular flexibility index (Phi) is 9.90. The normalized spacial score (nSPS) is 13.7. The van der Waals surface area contributed by atoms with Gasteiger partial charge in [-0.3, -0.25) is 9.59 Å². The lowest BCUT2D eigenvalue weighted by Crippen LogP contribution is -2.36. The zero-order chi connectivity index (χ0) is 23.9. The van der Waals surface area contributed by atoms with Gasteiger partial charge in [-0.15, -0.1) is 0 Å². The third kappa shape index (κ3) is 7.60. The standard InChI is InChI=1S/C20H32N2O8/c1-19(2,3)15(25)11(9-23)13(17(27)28)21-7-8-22-14(18(29)30)12(10-24)16(26)20(4,5)6/h21-24H,7-10H2,1-6H3,(H,27,28)(H,29,30)/b13-11-,14-12-. The molecule has 0 saturated heterocycles. The third-order valence-corrected chi connectivity index (χ3v) is 3.99. The fourth-order valence-corrected chi connectivity index (χ4v) is 2.43. The van der Waals surface area contributed by atoms with Crippen LogP contribution in [-0.4, -0.2) is 70.2 Å². The second-order valence-electron chi connectivity index (χ2n) is 8.65. The van der Waals surface area contributed by atoms with Gasteiger partial charge in [0.1, 0.15) is 11.4 Å². The van der Waals surface area contributed by atoms with E-state index >= 15 is 0 Å². The number of carboxylic acid groups (broad SMARTS) is 2. The van der Waals surface area contributed by atoms with Gasteiger partial charge in [-0.25, -0.2) is 9.59 Å². The van der Waals surface area contributed by atoms with Gasteiger partial charge in [0.25, 0.3) is 0 Å². The number of aliphatic hydroxyl groups excluding tert-OH is 2. The average molecular weight is 428 g/mol. The lowest BCUT2D eigenvalue weighted by atomic mass is 9.85. The van der Waals surface area contributed by atoms with Crippen molar-refractivity contribution in [1.82, 2.24) is 10.6 Å². The molecule has 0 spiro atoms. The molecule has 0 aliphatic rings. The molecule has 10 nitrogen and oxygen atoms in total. The minimum absolute atomic E-state index is 0.137. The maximum atomic E-state index is 12.4. The zero-order valence-electron chi connectivity index (χ0n) is 18.3. The summed E-state index contributed by atoms with van der Waals surface area (Å²) < 4.78 is 0. The number of aliphatic carboxylic acids is 2. The van der Waals surface area contributed by atoms with Crippen LogP contribution in [0.5, 0.6) is 0 Å². The van der Waals surface area contributed by atoms with Gasteiger partial charge < -0.3 is 31.1 Å². The molecule has 0 rings (SSSR count). The van der Waals surface area contributed by atoms with E-state index in [1.54, 1.807) is 41.5 Å². The van der Waals surface area contributed by atoms with Crippen LogP contribution in [0, 0.1) is 10.8 Å². The van der Waals surface area contributed by atoms with Gasteiger partial charge in [0.05, 0.1) is 24.4 Å². The molecule has 170 valence electrons. The van der Waals surface area contributed by atoms with Crippen LogP contribution in [0.1, 0.15) is 41.5 Å². The Morgan fingerprint density at radius 1 is 0.633 bits per heavy atom. The van der Waals surface area contributed by atoms with Crippen molar-refractivity contribution in [2.24, 2.45) is 10.8 Å². The van der Waals surface area contributed by atoms with Gasteiger partial charge >= 0.3 is 11.9 Å². The molecular weight excluding hydrogens is 396 g/mol. The molecule has 0 aromatic rings. The Balaban J connectivity index is 5.61. The summed E-state index contributed by atoms with van der Waals surface area (Å²) in [5, 5.41) is 42.8. The number of hydrogen-bond donors (Lipinski definition) is 6. The molecule has 0 amide bonds. The minimum Gasteiger partial charge on any atom is -0.477 e. The van der Waals surface area contributed by atoms with Crippen molar-refractivity contribution < 1.29 is 39.6 Å². The van der Waals surface area contributed by atoms with Crippen LogP contribution >= 0.6 is 0 Å². The molecule has 0 aromatic carbocycles. The van der Waals surface area contributed by atoms with Crippen LogP contribution in [0.15, 0.2) is 22.5 Å². The lowest BCUT2D eigenvalue weighted by Gasteiger charge is -2.21. The largest absolute Gasteiger partial charge is 0.477 e. The second kappa shape index (κ2) is 10.9. The first-order valence-corrected chi connectivity index (χ1v) is 9.31. The van der Waals surface area contributed by atoms with E-state index in [-0.39, 0.29) is 24.2 Å². The Bertz CT molecular complexity index is 688. The van der Waals surface area contributed by atoms with Crippen LogP contribution < -0.4 is 10.6 Å². The van der Waals surface area contributed by atoms with Crippen molar-refractivity contribution in [2.75, 3.05) is 26.3 Å². The predicted molar refractivity (Wildman–Crippen MR) is 108 cm³/mol. The molecule has 6 N–H and O–H groups in total. The highest BCUT2D eigenvalue weighted by molar-refractivity contribution is 6.06. The fraction of sp³-hybridized carbons (Fsp3) is 0.600. The summed E-state index contributed by atoms with van der Waals surface area (Å²) in [5.41, 5.74) is -3.42. The highest BCUT2D eigenvalue weighted by Gasteiger charge is 2.30. The smallest absolute Gasteiger partial charge is 0.352 e. The molecule has 0 heterocycles. The minimum atomic E-state index is -1.45. The number of carboxylic acids is 2. The molecule has 10 heteroatoms. The van der Waals surface area contributed by atoms with Gasteiger partial charge in [-0.2, -0.15) is 0 Å². The van der Waals surface area contributed by atoms with E-state index in [1.807, 2.05) is 0 Å². The van der Waals surface area contributed by atoms with Crippen LogP contribution in [0.2, 0.25) is 0 Å². The van der Waals surface area contributed by atoms with E-state index < -0.39 is 58.9 Å². The van der Waals surface area contributed by atoms with Crippen LogP contribution in [0.4, 0.5) is 0 Å². The molecule has 0 atom stereocenters. The van der Waals surface area contributed by atoms with Crippen molar-refractivity contribution in [3.05, 3.63) is 22.5 Å². The van der Waals surface area contributed by atoms with Crippen LogP contribution in [-0.2, 0) is 19.2 Å². The van der Waals surface area contributed by atoms with Crippen LogP contribution in [0.3, 0.4) is 0 Å². The molecule has 0 radical (unpaired) electrons. The average Bonchev–Trinajstić information content (AvgIpc) is 2.60. The Labute approximate surface area is 175 Å². The van der Waals surface area contributed by atoms with Gasteiger partial charge in [-0.1, -0.05) is 41.5 Å². The molecule has 0 aromatic heterocycles. The lowest BCUT2D eigenvalue weighted by molar-refractivity contribution is -0.134. The Hall–Kier alpha value is -2.72. The second-order valence-corrected chi connectivity index (χ2v) is 8.65. The predicted octanol–water partition coefficient (Wildman–Crippen LogP) is 0.0580. The SMILES string of the molecule is CC(C)(C)C(=O)/C(CO)=C(\NCCN/C(C(=O)O)=C(/CO)C(=O)C(C)(C)C)C(=O)O. The maximum Gasteiger partial charge on any atom is 0.352 e. The first-order valence-electron chi connectivity index (χ1n) is 9.31. The number of Topliss-reactive ketones (excluding diaryl/α,β-unsaturated/α-hetero) is 2. The van der Waals surface area contributed by atoms with Gasteiger partial charge in [0.15, 0.2) is 11.6 Å². The Morgan fingerprint density at radius 2 is 0.900 bits per heavy atom. The topological polar surface area (TPSA) is 173 Å². The number of carbonyl (C=O) groups is 4. The van der Waals surface area contributed by atoms with Crippen molar-refractivity contribution in [1.29, 1.82) is 0 Å². The molecule has 0 fully saturated rings. The maximum absolute atomic E-state index is 12.4. The van der Waals surface area contributed by atoms with Crippen molar-refractivity contribution >= 4 is 23.5 Å². The number of hydrogen-bond acceptors (Lipinski definition) is 8. The van der Waals surface area contributed by atoms with E-state index in [2.05, 4.69) is 10.6 Å². The summed E-state index contributed by atoms with van der Waals surface area (Å²) in [7, 11) is 0. The van der Waals surface area contributed by atoms with Crippen molar-refractivity contribution in [3.63, 3.8) is 0 Å². The molecular formula is C20H32N2O8. The first-order chi connectivity index (χ1) is 13.6. The highest BCUT2D eigenvalue weighted by atomic mass is 16.4. The van der Waals surface area contributed by atoms with E-state index in [9.17, 15) is 39.6 Å². The van der Waals surface area contributed by atoms with Crippen molar-refractivity contribution in [3.8, 4) is 0 Å². The number of nitrogens with one attached hydrogen (secondary N) is 2. The van der Waals surface area contributed by atoms with E-state index in [1.165, 1.54) is 0 Å². The van der Waals surface area contributed by atoms with Gasteiger partial charge in [0, 0.05) is 23.9 Å². The van der Waals surface area contributed by atoms with Crippen molar-refractivity contribution in [2.45, 2.75) is 41.5 Å².